The molecule has 3 rings (SSSR count). The number of phenolic OH excluding ortho intramolecular Hbond substituents is 2. The van der Waals surface area contributed by atoms with E-state index in [1.54, 1.807) is 18.2 Å². The van der Waals surface area contributed by atoms with E-state index in [1.165, 1.54) is 0 Å². The molecule has 0 saturated heterocycles. The third kappa shape index (κ3) is 2.57. The van der Waals surface area contributed by atoms with Gasteiger partial charge >= 0.3 is 0 Å². The summed E-state index contributed by atoms with van der Waals surface area (Å²) in [7, 11) is 0. The number of para-hydroxylation sites is 1. The van der Waals surface area contributed by atoms with Gasteiger partial charge < -0.3 is 10.2 Å². The molecule has 3 aromatic rings. The van der Waals surface area contributed by atoms with E-state index in [0.717, 1.165) is 23.1 Å². The van der Waals surface area contributed by atoms with Crippen molar-refractivity contribution in [1.29, 1.82) is 0 Å². The summed E-state index contributed by atoms with van der Waals surface area (Å²) in [5.74, 6) is 0.523. The molecule has 0 spiro atoms. The van der Waals surface area contributed by atoms with Crippen molar-refractivity contribution in [1.82, 2.24) is 0 Å². The van der Waals surface area contributed by atoms with Gasteiger partial charge in [0.2, 0.25) is 0 Å². The number of aromatic hydroxyl groups is 2. The fraction of sp³-hybridized carbons (Fsp3) is 0.143. The normalized spacial score (nSPS) is 13.4. The lowest BCUT2D eigenvalue weighted by Crippen LogP contribution is -2.28. The van der Waals surface area contributed by atoms with Gasteiger partial charge in [0, 0.05) is 11.0 Å². The largest absolute Gasteiger partial charge is 0.508 e. The molecule has 0 saturated carbocycles. The summed E-state index contributed by atoms with van der Waals surface area (Å²) < 4.78 is 0. The van der Waals surface area contributed by atoms with E-state index in [-0.39, 0.29) is 11.5 Å². The Hall–Kier alpha value is -2.74. The first-order valence-corrected chi connectivity index (χ1v) is 7.82. The quantitative estimate of drug-likeness (QED) is 0.677. The van der Waals surface area contributed by atoms with Crippen molar-refractivity contribution in [2.45, 2.75) is 18.8 Å². The first-order chi connectivity index (χ1) is 11.2. The van der Waals surface area contributed by atoms with Gasteiger partial charge in [0.1, 0.15) is 11.5 Å². The molecule has 0 bridgehead atoms. The van der Waals surface area contributed by atoms with Crippen molar-refractivity contribution in [3.63, 3.8) is 0 Å². The average molecular weight is 304 g/mol. The Morgan fingerprint density at radius 1 is 0.696 bits per heavy atom. The molecule has 23 heavy (non-hydrogen) atoms. The van der Waals surface area contributed by atoms with Gasteiger partial charge in [0.15, 0.2) is 0 Å². The van der Waals surface area contributed by atoms with E-state index in [2.05, 4.69) is 19.1 Å². The molecule has 1 atom stereocenters. The molecule has 0 aliphatic heterocycles. The van der Waals surface area contributed by atoms with Crippen molar-refractivity contribution >= 4 is 0 Å². The maximum atomic E-state index is 10.5. The monoisotopic (exact) mass is 304 g/mol. The second-order valence-electron chi connectivity index (χ2n) is 5.69. The van der Waals surface area contributed by atoms with Gasteiger partial charge in [-0.15, -0.1) is 0 Å². The minimum Gasteiger partial charge on any atom is -0.508 e. The van der Waals surface area contributed by atoms with E-state index >= 15 is 0 Å². The van der Waals surface area contributed by atoms with Crippen LogP contribution in [0, 0.1) is 0 Å². The Morgan fingerprint density at radius 3 is 1.87 bits per heavy atom. The molecular weight excluding hydrogens is 284 g/mol. The molecule has 116 valence electrons. The molecule has 0 aliphatic rings. The summed E-state index contributed by atoms with van der Waals surface area (Å²) in [5.41, 5.74) is 2.58. The lowest BCUT2D eigenvalue weighted by atomic mass is 9.67. The maximum absolute atomic E-state index is 10.5. The van der Waals surface area contributed by atoms with Crippen molar-refractivity contribution in [3.8, 4) is 11.5 Å². The average Bonchev–Trinajstić information content (AvgIpc) is 2.60. The minimum absolute atomic E-state index is 0.240. The zero-order valence-electron chi connectivity index (χ0n) is 13.1. The molecule has 1 unspecified atom stereocenters. The molecule has 2 N–H and O–H groups in total. The summed E-state index contributed by atoms with van der Waals surface area (Å²) in [6.07, 6.45) is 0.791. The van der Waals surface area contributed by atoms with Crippen LogP contribution in [0.3, 0.4) is 0 Å². The van der Waals surface area contributed by atoms with Crippen LogP contribution in [0.4, 0.5) is 0 Å². The summed E-state index contributed by atoms with van der Waals surface area (Å²) in [6.45, 7) is 2.12. The van der Waals surface area contributed by atoms with Crippen LogP contribution >= 0.6 is 0 Å². The summed E-state index contributed by atoms with van der Waals surface area (Å²) in [5, 5.41) is 20.1. The van der Waals surface area contributed by atoms with Crippen LogP contribution in [0.1, 0.15) is 30.0 Å². The van der Waals surface area contributed by atoms with Gasteiger partial charge in [-0.05, 0) is 35.7 Å². The van der Waals surface area contributed by atoms with Crippen molar-refractivity contribution < 1.29 is 10.2 Å². The maximum Gasteiger partial charge on any atom is 0.120 e. The summed E-state index contributed by atoms with van der Waals surface area (Å²) >= 11 is 0. The highest BCUT2D eigenvalue weighted by molar-refractivity contribution is 5.55. The van der Waals surface area contributed by atoms with Gasteiger partial charge in [-0.2, -0.15) is 0 Å². The van der Waals surface area contributed by atoms with Gasteiger partial charge in [-0.1, -0.05) is 67.6 Å². The predicted octanol–water partition coefficient (Wildman–Crippen LogP) is 4.84. The Bertz CT molecular complexity index is 778. The Balaban J connectivity index is 2.33. The highest BCUT2D eigenvalue weighted by Crippen LogP contribution is 2.45. The molecule has 2 heteroatoms. The molecule has 0 aliphatic carbocycles. The van der Waals surface area contributed by atoms with E-state index in [4.69, 9.17) is 0 Å². The van der Waals surface area contributed by atoms with Gasteiger partial charge in [0.25, 0.3) is 0 Å². The van der Waals surface area contributed by atoms with E-state index in [9.17, 15) is 10.2 Å². The number of benzene rings is 3. The Kier molecular flexibility index (Phi) is 4.07. The second kappa shape index (κ2) is 6.17. The van der Waals surface area contributed by atoms with Gasteiger partial charge in [-0.3, -0.25) is 0 Å². The Morgan fingerprint density at radius 2 is 1.26 bits per heavy atom. The predicted molar refractivity (Wildman–Crippen MR) is 92.8 cm³/mol. The number of hydrogen-bond donors (Lipinski definition) is 2. The highest BCUT2D eigenvalue weighted by Gasteiger charge is 2.36. The fourth-order valence-corrected chi connectivity index (χ4v) is 3.38. The first kappa shape index (κ1) is 15.2. The third-order valence-corrected chi connectivity index (χ3v) is 4.52. The van der Waals surface area contributed by atoms with Crippen LogP contribution < -0.4 is 0 Å². The van der Waals surface area contributed by atoms with Crippen LogP contribution in [-0.2, 0) is 5.41 Å². The van der Waals surface area contributed by atoms with Crippen LogP contribution in [0.5, 0.6) is 11.5 Å². The second-order valence-corrected chi connectivity index (χ2v) is 5.69. The van der Waals surface area contributed by atoms with Crippen LogP contribution in [0.15, 0.2) is 78.9 Å². The first-order valence-electron chi connectivity index (χ1n) is 7.82. The van der Waals surface area contributed by atoms with Crippen molar-refractivity contribution in [2.24, 2.45) is 0 Å². The minimum atomic E-state index is -0.458. The standard InChI is InChI=1S/C21H20O2/c1-2-21(16-8-4-3-5-9-16,17-12-14-18(22)15-13-17)19-10-6-7-11-20(19)23/h3-15,22-23H,2H2,1H3. The number of phenols is 2. The lowest BCUT2D eigenvalue weighted by molar-refractivity contribution is 0.449. The van der Waals surface area contributed by atoms with Crippen LogP contribution in [0.2, 0.25) is 0 Å². The summed E-state index contributed by atoms with van der Waals surface area (Å²) in [6, 6.07) is 24.9. The molecule has 3 aromatic carbocycles. The topological polar surface area (TPSA) is 40.5 Å². The highest BCUT2D eigenvalue weighted by atomic mass is 16.3. The molecule has 0 radical (unpaired) electrons. The van der Waals surface area contributed by atoms with Crippen molar-refractivity contribution in [2.75, 3.05) is 0 Å². The Labute approximate surface area is 136 Å². The molecule has 0 aromatic heterocycles. The molecule has 0 heterocycles. The molecular formula is C21H20O2. The van der Waals surface area contributed by atoms with E-state index in [0.29, 0.717) is 0 Å². The number of hydrogen-bond acceptors (Lipinski definition) is 2. The lowest BCUT2D eigenvalue weighted by Gasteiger charge is -2.35. The molecule has 0 amide bonds. The van der Waals surface area contributed by atoms with Gasteiger partial charge in [0.05, 0.1) is 0 Å². The molecule has 2 nitrogen and oxygen atoms in total. The zero-order valence-corrected chi connectivity index (χ0v) is 13.1. The molecule has 0 fully saturated rings. The SMILES string of the molecule is CCC(c1ccccc1)(c1ccc(O)cc1)c1ccccc1O. The van der Waals surface area contributed by atoms with Crippen molar-refractivity contribution in [3.05, 3.63) is 95.6 Å². The number of rotatable bonds is 4. The summed E-state index contributed by atoms with van der Waals surface area (Å²) in [4.78, 5) is 0. The smallest absolute Gasteiger partial charge is 0.120 e. The fourth-order valence-electron chi connectivity index (χ4n) is 3.38. The van der Waals surface area contributed by atoms with E-state index in [1.807, 2.05) is 48.5 Å². The van der Waals surface area contributed by atoms with Crippen LogP contribution in [-0.4, -0.2) is 10.2 Å². The van der Waals surface area contributed by atoms with Gasteiger partial charge in [-0.25, -0.2) is 0 Å². The zero-order chi connectivity index (χ0) is 16.3. The van der Waals surface area contributed by atoms with Crippen LogP contribution in [0.25, 0.3) is 0 Å². The third-order valence-electron chi connectivity index (χ3n) is 4.52. The van der Waals surface area contributed by atoms with E-state index < -0.39 is 5.41 Å².